The second-order valence-corrected chi connectivity index (χ2v) is 8.94. The molecule has 0 aromatic heterocycles. The molecule has 0 aromatic rings. The minimum absolute atomic E-state index is 0.0650. The number of methoxy groups -OCH3 is 1. The standard InChI is InChI=1S/C21H35NO5/c1-13(2)7-8-16-20(5,27-16)19-18(24-6)15(9-10-21(19)12-25-21)26-17(23)11-22-14(3)4/h7,14-16,18-19,22H,8-12H2,1-6H3/t15-,16?,18-,19-,20+,21+/m1/s1. The van der Waals surface area contributed by atoms with Crippen LogP contribution in [0.4, 0.5) is 0 Å². The Morgan fingerprint density at radius 2 is 2.07 bits per heavy atom. The maximum atomic E-state index is 12.3. The van der Waals surface area contributed by atoms with Gasteiger partial charge < -0.3 is 24.3 Å². The first-order valence-corrected chi connectivity index (χ1v) is 10.1. The molecule has 1 saturated carbocycles. The van der Waals surface area contributed by atoms with Crippen LogP contribution in [0.2, 0.25) is 0 Å². The van der Waals surface area contributed by atoms with Crippen LogP contribution in [0.15, 0.2) is 11.6 Å². The van der Waals surface area contributed by atoms with Gasteiger partial charge in [-0.15, -0.1) is 0 Å². The van der Waals surface area contributed by atoms with E-state index in [2.05, 4.69) is 32.2 Å². The molecule has 3 rings (SSSR count). The van der Waals surface area contributed by atoms with Crippen molar-refractivity contribution < 1.29 is 23.7 Å². The SMILES string of the molecule is CO[C@@H]1[C@H](OC(=O)CNC(C)C)CC[C@]2(CO2)[C@H]1[C@@]1(C)OC1CC=C(C)C. The monoisotopic (exact) mass is 381 g/mol. The molecule has 6 atom stereocenters. The van der Waals surface area contributed by atoms with E-state index in [1.165, 1.54) is 5.57 Å². The van der Waals surface area contributed by atoms with Crippen LogP contribution < -0.4 is 5.32 Å². The molecule has 3 fully saturated rings. The molecule has 0 radical (unpaired) electrons. The van der Waals surface area contributed by atoms with Crippen molar-refractivity contribution in [1.82, 2.24) is 5.32 Å². The first-order chi connectivity index (χ1) is 12.7. The van der Waals surface area contributed by atoms with E-state index in [1.54, 1.807) is 7.11 Å². The van der Waals surface area contributed by atoms with Crippen LogP contribution in [0.5, 0.6) is 0 Å². The summed E-state index contributed by atoms with van der Waals surface area (Å²) < 4.78 is 23.8. The predicted molar refractivity (Wildman–Crippen MR) is 103 cm³/mol. The third-order valence-electron chi connectivity index (χ3n) is 6.17. The van der Waals surface area contributed by atoms with E-state index in [4.69, 9.17) is 18.9 Å². The number of esters is 1. The Bertz CT molecular complexity index is 581. The molecule has 2 aliphatic heterocycles. The van der Waals surface area contributed by atoms with Gasteiger partial charge in [-0.3, -0.25) is 4.79 Å². The second kappa shape index (κ2) is 7.82. The van der Waals surface area contributed by atoms with Gasteiger partial charge in [-0.2, -0.15) is 0 Å². The topological polar surface area (TPSA) is 72.6 Å². The van der Waals surface area contributed by atoms with Gasteiger partial charge in [0.25, 0.3) is 0 Å². The molecule has 154 valence electrons. The number of nitrogens with one attached hydrogen (secondary N) is 1. The van der Waals surface area contributed by atoms with E-state index in [9.17, 15) is 4.79 Å². The molecule has 0 bridgehead atoms. The normalized spacial score (nSPS) is 40.1. The molecule has 1 N–H and O–H groups in total. The number of carbonyl (C=O) groups is 1. The first-order valence-electron chi connectivity index (χ1n) is 10.1. The summed E-state index contributed by atoms with van der Waals surface area (Å²) in [5.74, 6) is -0.166. The van der Waals surface area contributed by atoms with E-state index in [1.807, 2.05) is 13.8 Å². The Morgan fingerprint density at radius 3 is 2.63 bits per heavy atom. The van der Waals surface area contributed by atoms with Crippen LogP contribution in [0.3, 0.4) is 0 Å². The fourth-order valence-electron chi connectivity index (χ4n) is 4.57. The number of hydrogen-bond acceptors (Lipinski definition) is 6. The summed E-state index contributed by atoms with van der Waals surface area (Å²) in [6, 6.07) is 0.243. The highest BCUT2D eigenvalue weighted by Crippen LogP contribution is 2.59. The van der Waals surface area contributed by atoms with Crippen molar-refractivity contribution in [1.29, 1.82) is 0 Å². The number of ether oxygens (including phenoxy) is 4. The number of allylic oxidation sites excluding steroid dienone is 1. The molecular formula is C21H35NO5. The van der Waals surface area contributed by atoms with Gasteiger partial charge in [0, 0.05) is 13.2 Å². The summed E-state index contributed by atoms with van der Waals surface area (Å²) >= 11 is 0. The Kier molecular flexibility index (Phi) is 6.02. The summed E-state index contributed by atoms with van der Waals surface area (Å²) in [5.41, 5.74) is 0.806. The van der Waals surface area contributed by atoms with Gasteiger partial charge in [-0.05, 0) is 40.0 Å². The molecule has 6 heteroatoms. The molecule has 3 aliphatic rings. The molecule has 2 saturated heterocycles. The van der Waals surface area contributed by atoms with Crippen LogP contribution in [0.1, 0.15) is 53.9 Å². The van der Waals surface area contributed by atoms with Crippen molar-refractivity contribution in [3.63, 3.8) is 0 Å². The van der Waals surface area contributed by atoms with Gasteiger partial charge in [-0.1, -0.05) is 25.5 Å². The second-order valence-electron chi connectivity index (χ2n) is 8.94. The lowest BCUT2D eigenvalue weighted by atomic mass is 9.68. The van der Waals surface area contributed by atoms with E-state index < -0.39 is 0 Å². The fraction of sp³-hybridized carbons (Fsp3) is 0.857. The van der Waals surface area contributed by atoms with E-state index in [0.717, 1.165) is 25.9 Å². The maximum absolute atomic E-state index is 12.3. The van der Waals surface area contributed by atoms with Gasteiger partial charge >= 0.3 is 5.97 Å². The number of epoxide rings is 2. The largest absolute Gasteiger partial charge is 0.459 e. The molecular weight excluding hydrogens is 346 g/mol. The molecule has 1 spiro atoms. The smallest absolute Gasteiger partial charge is 0.320 e. The predicted octanol–water partition coefficient (Wildman–Crippen LogP) is 2.60. The number of rotatable bonds is 8. The van der Waals surface area contributed by atoms with Crippen LogP contribution >= 0.6 is 0 Å². The van der Waals surface area contributed by atoms with Crippen LogP contribution in [-0.2, 0) is 23.7 Å². The van der Waals surface area contributed by atoms with Gasteiger partial charge in [0.05, 0.1) is 25.2 Å². The van der Waals surface area contributed by atoms with Crippen molar-refractivity contribution in [3.8, 4) is 0 Å². The van der Waals surface area contributed by atoms with Gasteiger partial charge in [-0.25, -0.2) is 0 Å². The molecule has 0 amide bonds. The van der Waals surface area contributed by atoms with Crippen molar-refractivity contribution in [2.24, 2.45) is 5.92 Å². The molecule has 1 aliphatic carbocycles. The van der Waals surface area contributed by atoms with Gasteiger partial charge in [0.2, 0.25) is 0 Å². The summed E-state index contributed by atoms with van der Waals surface area (Å²) in [6.07, 6.45) is 4.43. The van der Waals surface area contributed by atoms with Gasteiger partial charge in [0.1, 0.15) is 23.4 Å². The zero-order chi connectivity index (χ0) is 19.8. The number of carbonyl (C=O) groups excluding carboxylic acids is 1. The van der Waals surface area contributed by atoms with E-state index in [0.29, 0.717) is 0 Å². The zero-order valence-electron chi connectivity index (χ0n) is 17.5. The Hall–Kier alpha value is -0.950. The van der Waals surface area contributed by atoms with Gasteiger partial charge in [0.15, 0.2) is 0 Å². The van der Waals surface area contributed by atoms with E-state index in [-0.39, 0.29) is 54.0 Å². The average molecular weight is 382 g/mol. The van der Waals surface area contributed by atoms with Crippen LogP contribution in [-0.4, -0.2) is 61.8 Å². The lowest BCUT2D eigenvalue weighted by Crippen LogP contribution is -2.56. The Balaban J connectivity index is 1.70. The summed E-state index contributed by atoms with van der Waals surface area (Å²) in [6.45, 7) is 11.3. The first kappa shape index (κ1) is 20.8. The van der Waals surface area contributed by atoms with Crippen molar-refractivity contribution >= 4 is 5.97 Å². The fourth-order valence-corrected chi connectivity index (χ4v) is 4.57. The zero-order valence-corrected chi connectivity index (χ0v) is 17.5. The minimum atomic E-state index is -0.301. The van der Waals surface area contributed by atoms with Crippen LogP contribution in [0.25, 0.3) is 0 Å². The summed E-state index contributed by atoms with van der Waals surface area (Å²) in [4.78, 5) is 12.3. The highest BCUT2D eigenvalue weighted by molar-refractivity contribution is 5.72. The Morgan fingerprint density at radius 1 is 1.37 bits per heavy atom. The molecule has 6 nitrogen and oxygen atoms in total. The lowest BCUT2D eigenvalue weighted by Gasteiger charge is -2.42. The molecule has 1 unspecified atom stereocenters. The molecule has 0 aromatic carbocycles. The lowest BCUT2D eigenvalue weighted by molar-refractivity contribution is -0.171. The van der Waals surface area contributed by atoms with Crippen molar-refractivity contribution in [2.45, 2.75) is 89.4 Å². The summed E-state index contributed by atoms with van der Waals surface area (Å²) in [5, 5.41) is 3.11. The van der Waals surface area contributed by atoms with Crippen molar-refractivity contribution in [3.05, 3.63) is 11.6 Å². The third-order valence-corrected chi connectivity index (χ3v) is 6.17. The maximum Gasteiger partial charge on any atom is 0.320 e. The van der Waals surface area contributed by atoms with Crippen LogP contribution in [0, 0.1) is 5.92 Å². The quantitative estimate of drug-likeness (QED) is 0.396. The minimum Gasteiger partial charge on any atom is -0.459 e. The van der Waals surface area contributed by atoms with E-state index >= 15 is 0 Å². The third kappa shape index (κ3) is 4.39. The summed E-state index contributed by atoms with van der Waals surface area (Å²) in [7, 11) is 1.70. The number of hydrogen-bond donors (Lipinski definition) is 1. The molecule has 2 heterocycles. The Labute approximate surface area is 162 Å². The highest BCUT2D eigenvalue weighted by Gasteiger charge is 2.72. The molecule has 27 heavy (non-hydrogen) atoms. The highest BCUT2D eigenvalue weighted by atomic mass is 16.6. The van der Waals surface area contributed by atoms with Crippen molar-refractivity contribution in [2.75, 3.05) is 20.3 Å². The average Bonchev–Trinajstić information content (AvgIpc) is 3.50.